The largest absolute Gasteiger partial charge is 0.370 e. The number of aromatic nitrogens is 2. The third-order valence-electron chi connectivity index (χ3n) is 4.24. The molecule has 2 N–H and O–H groups in total. The highest BCUT2D eigenvalue weighted by Gasteiger charge is 2.17. The first-order chi connectivity index (χ1) is 9.47. The number of rotatable bonds is 4. The van der Waals surface area contributed by atoms with Crippen LogP contribution >= 0.6 is 0 Å². The van der Waals surface area contributed by atoms with E-state index in [-0.39, 0.29) is 11.6 Å². The SMILES string of the molecule is CC1CCN(c2cnn(CC(N)C(C)C)c(=O)c2)CC1. The minimum Gasteiger partial charge on any atom is -0.370 e. The normalized spacial score (nSPS) is 18.6. The lowest BCUT2D eigenvalue weighted by Gasteiger charge is -2.31. The summed E-state index contributed by atoms with van der Waals surface area (Å²) in [5.74, 6) is 1.12. The number of nitrogens with two attached hydrogens (primary N) is 1. The van der Waals surface area contributed by atoms with Crippen LogP contribution in [0.4, 0.5) is 5.69 Å². The van der Waals surface area contributed by atoms with E-state index in [1.54, 1.807) is 12.3 Å². The minimum absolute atomic E-state index is 0.0399. The fourth-order valence-electron chi connectivity index (χ4n) is 2.41. The quantitative estimate of drug-likeness (QED) is 0.905. The van der Waals surface area contributed by atoms with Crippen LogP contribution in [-0.2, 0) is 6.54 Å². The van der Waals surface area contributed by atoms with E-state index in [2.05, 4.69) is 30.8 Å². The summed E-state index contributed by atoms with van der Waals surface area (Å²) >= 11 is 0. The van der Waals surface area contributed by atoms with Crippen LogP contribution in [0.1, 0.15) is 33.6 Å². The summed E-state index contributed by atoms with van der Waals surface area (Å²) in [5.41, 5.74) is 6.89. The van der Waals surface area contributed by atoms with E-state index in [9.17, 15) is 4.79 Å². The third-order valence-corrected chi connectivity index (χ3v) is 4.24. The number of hydrogen-bond acceptors (Lipinski definition) is 4. The van der Waals surface area contributed by atoms with Gasteiger partial charge in [0.05, 0.1) is 18.4 Å². The molecule has 2 heterocycles. The molecule has 1 aliphatic heterocycles. The molecule has 0 bridgehead atoms. The van der Waals surface area contributed by atoms with Crippen LogP contribution in [0.5, 0.6) is 0 Å². The molecule has 20 heavy (non-hydrogen) atoms. The molecule has 0 spiro atoms. The van der Waals surface area contributed by atoms with E-state index in [1.807, 2.05) is 0 Å². The molecule has 0 aliphatic carbocycles. The van der Waals surface area contributed by atoms with Gasteiger partial charge in [0.1, 0.15) is 0 Å². The van der Waals surface area contributed by atoms with E-state index in [1.165, 1.54) is 17.5 Å². The fourth-order valence-corrected chi connectivity index (χ4v) is 2.41. The second-order valence-electron chi connectivity index (χ2n) is 6.31. The molecule has 1 fully saturated rings. The molecule has 0 saturated carbocycles. The zero-order valence-corrected chi connectivity index (χ0v) is 12.7. The van der Waals surface area contributed by atoms with Gasteiger partial charge in [0, 0.05) is 25.2 Å². The minimum atomic E-state index is -0.0581. The van der Waals surface area contributed by atoms with Crippen LogP contribution in [0.25, 0.3) is 0 Å². The van der Waals surface area contributed by atoms with Crippen molar-refractivity contribution in [3.05, 3.63) is 22.6 Å². The average molecular weight is 278 g/mol. The van der Waals surface area contributed by atoms with Crippen molar-refractivity contribution in [2.75, 3.05) is 18.0 Å². The molecule has 0 aromatic carbocycles. The second-order valence-corrected chi connectivity index (χ2v) is 6.31. The average Bonchev–Trinajstić information content (AvgIpc) is 2.41. The van der Waals surface area contributed by atoms with Crippen molar-refractivity contribution in [3.63, 3.8) is 0 Å². The van der Waals surface area contributed by atoms with Gasteiger partial charge in [-0.05, 0) is 24.7 Å². The molecule has 1 atom stereocenters. The van der Waals surface area contributed by atoms with Crippen LogP contribution < -0.4 is 16.2 Å². The zero-order valence-electron chi connectivity index (χ0n) is 12.7. The standard InChI is InChI=1S/C15H26N4O/c1-11(2)14(16)10-19-15(20)8-13(9-17-19)18-6-4-12(3)5-7-18/h8-9,11-12,14H,4-7,10,16H2,1-3H3. The van der Waals surface area contributed by atoms with E-state index >= 15 is 0 Å². The lowest BCUT2D eigenvalue weighted by atomic mass is 9.99. The first-order valence-electron chi connectivity index (χ1n) is 7.55. The predicted molar refractivity (Wildman–Crippen MR) is 81.9 cm³/mol. The van der Waals surface area contributed by atoms with Crippen LogP contribution in [0, 0.1) is 11.8 Å². The Hall–Kier alpha value is -1.36. The molecule has 0 amide bonds. The molecule has 5 nitrogen and oxygen atoms in total. The van der Waals surface area contributed by atoms with Crippen molar-refractivity contribution in [1.82, 2.24) is 9.78 Å². The first kappa shape index (κ1) is 15.0. The Kier molecular flexibility index (Phi) is 4.81. The fraction of sp³-hybridized carbons (Fsp3) is 0.733. The summed E-state index contributed by atoms with van der Waals surface area (Å²) in [6.45, 7) is 8.89. The summed E-state index contributed by atoms with van der Waals surface area (Å²) in [6.07, 6.45) is 4.16. The van der Waals surface area contributed by atoms with Gasteiger partial charge >= 0.3 is 0 Å². The first-order valence-corrected chi connectivity index (χ1v) is 7.55. The zero-order chi connectivity index (χ0) is 14.7. The maximum atomic E-state index is 12.1. The van der Waals surface area contributed by atoms with Crippen LogP contribution in [0.3, 0.4) is 0 Å². The summed E-state index contributed by atoms with van der Waals surface area (Å²) in [7, 11) is 0. The Morgan fingerprint density at radius 2 is 2.05 bits per heavy atom. The molecular formula is C15H26N4O. The summed E-state index contributed by atoms with van der Waals surface area (Å²) in [4.78, 5) is 14.4. The molecule has 1 saturated heterocycles. The molecule has 112 valence electrons. The van der Waals surface area contributed by atoms with Crippen molar-refractivity contribution in [1.29, 1.82) is 0 Å². The van der Waals surface area contributed by atoms with Crippen molar-refractivity contribution < 1.29 is 0 Å². The highest BCUT2D eigenvalue weighted by atomic mass is 16.1. The molecule has 1 aromatic rings. The van der Waals surface area contributed by atoms with Gasteiger partial charge in [0.2, 0.25) is 0 Å². The monoisotopic (exact) mass is 278 g/mol. The summed E-state index contributed by atoms with van der Waals surface area (Å²) in [6, 6.07) is 1.65. The van der Waals surface area contributed by atoms with Gasteiger partial charge in [-0.15, -0.1) is 0 Å². The van der Waals surface area contributed by atoms with E-state index in [4.69, 9.17) is 5.73 Å². The molecule has 1 unspecified atom stereocenters. The number of nitrogens with zero attached hydrogens (tertiary/aromatic N) is 3. The number of piperidine rings is 1. The highest BCUT2D eigenvalue weighted by molar-refractivity contribution is 5.43. The van der Waals surface area contributed by atoms with Crippen molar-refractivity contribution in [3.8, 4) is 0 Å². The van der Waals surface area contributed by atoms with Gasteiger partial charge in [-0.25, -0.2) is 4.68 Å². The second kappa shape index (κ2) is 6.39. The Bertz CT molecular complexity index is 489. The van der Waals surface area contributed by atoms with E-state index in [0.29, 0.717) is 12.5 Å². The Morgan fingerprint density at radius 3 is 2.60 bits per heavy atom. The van der Waals surface area contributed by atoms with Gasteiger partial charge in [-0.3, -0.25) is 4.79 Å². The maximum absolute atomic E-state index is 12.1. The lowest BCUT2D eigenvalue weighted by Crippen LogP contribution is -2.38. The van der Waals surface area contributed by atoms with Crippen molar-refractivity contribution in [2.45, 2.75) is 46.2 Å². The topological polar surface area (TPSA) is 64.2 Å². The molecule has 5 heteroatoms. The predicted octanol–water partition coefficient (Wildman–Crippen LogP) is 1.46. The number of anilines is 1. The Labute approximate surface area is 120 Å². The van der Waals surface area contributed by atoms with Crippen LogP contribution in [0.2, 0.25) is 0 Å². The maximum Gasteiger partial charge on any atom is 0.268 e. The summed E-state index contributed by atoms with van der Waals surface area (Å²) in [5, 5.41) is 4.28. The Morgan fingerprint density at radius 1 is 1.40 bits per heavy atom. The molecule has 2 rings (SSSR count). The van der Waals surface area contributed by atoms with Gasteiger partial charge in [0.15, 0.2) is 0 Å². The van der Waals surface area contributed by atoms with Gasteiger partial charge in [0.25, 0.3) is 5.56 Å². The van der Waals surface area contributed by atoms with Crippen LogP contribution in [-0.4, -0.2) is 28.9 Å². The Balaban J connectivity index is 2.08. The van der Waals surface area contributed by atoms with Crippen LogP contribution in [0.15, 0.2) is 17.1 Å². The van der Waals surface area contributed by atoms with Gasteiger partial charge in [-0.1, -0.05) is 20.8 Å². The van der Waals surface area contributed by atoms with E-state index < -0.39 is 0 Å². The van der Waals surface area contributed by atoms with Crippen molar-refractivity contribution >= 4 is 5.69 Å². The van der Waals surface area contributed by atoms with Crippen molar-refractivity contribution in [2.24, 2.45) is 17.6 Å². The van der Waals surface area contributed by atoms with Gasteiger partial charge < -0.3 is 10.6 Å². The molecule has 1 aromatic heterocycles. The molecule has 1 aliphatic rings. The molecule has 0 radical (unpaired) electrons. The lowest BCUT2D eigenvalue weighted by molar-refractivity contribution is 0.402. The summed E-state index contributed by atoms with van der Waals surface area (Å²) < 4.78 is 1.47. The van der Waals surface area contributed by atoms with Gasteiger partial charge in [-0.2, -0.15) is 5.10 Å². The molecular weight excluding hydrogens is 252 g/mol. The third kappa shape index (κ3) is 3.60. The van der Waals surface area contributed by atoms with E-state index in [0.717, 1.165) is 24.7 Å². The smallest absolute Gasteiger partial charge is 0.268 e. The number of hydrogen-bond donors (Lipinski definition) is 1. The highest BCUT2D eigenvalue weighted by Crippen LogP contribution is 2.20.